The molecule has 0 aliphatic carbocycles. The first-order valence-corrected chi connectivity index (χ1v) is 11.6. The highest BCUT2D eigenvalue weighted by Gasteiger charge is 2.23. The second kappa shape index (κ2) is 9.37. The van der Waals surface area contributed by atoms with E-state index < -0.39 is 0 Å². The van der Waals surface area contributed by atoms with Gasteiger partial charge in [-0.25, -0.2) is 9.67 Å². The molecule has 0 saturated heterocycles. The number of fused-ring (bicyclic) bond motifs is 1. The Morgan fingerprint density at radius 1 is 1.11 bits per heavy atom. The number of amides is 2. The van der Waals surface area contributed by atoms with Crippen LogP contribution in [0.1, 0.15) is 52.9 Å². The number of hydrogen-bond acceptors (Lipinski definition) is 5. The minimum absolute atomic E-state index is 0.0613. The highest BCUT2D eigenvalue weighted by Crippen LogP contribution is 2.30. The standard InChI is InChI=1S/C27H31N5O3/c1-15(2)32-26-22(13-28-32)21(12-23(29-26)20-11-18(5)35-19(20)6)27(34)31(7)14-24(33)30-25-16(3)9-8-10-17(25)4/h8-13,15H,14H2,1-7H3,(H,30,33). The molecule has 0 aliphatic heterocycles. The van der Waals surface area contributed by atoms with Gasteiger partial charge in [-0.1, -0.05) is 18.2 Å². The lowest BCUT2D eigenvalue weighted by Crippen LogP contribution is -2.35. The van der Waals surface area contributed by atoms with Crippen LogP contribution >= 0.6 is 0 Å². The summed E-state index contributed by atoms with van der Waals surface area (Å²) in [5, 5.41) is 8.07. The van der Waals surface area contributed by atoms with E-state index in [0.717, 1.165) is 33.9 Å². The largest absolute Gasteiger partial charge is 0.466 e. The molecule has 3 heterocycles. The van der Waals surface area contributed by atoms with E-state index in [-0.39, 0.29) is 24.4 Å². The van der Waals surface area contributed by atoms with Gasteiger partial charge in [0.15, 0.2) is 5.65 Å². The smallest absolute Gasteiger partial charge is 0.254 e. The summed E-state index contributed by atoms with van der Waals surface area (Å²) in [6, 6.07) is 9.57. The van der Waals surface area contributed by atoms with Crippen LogP contribution in [0, 0.1) is 27.7 Å². The third-order valence-corrected chi connectivity index (χ3v) is 6.08. The van der Waals surface area contributed by atoms with Gasteiger partial charge in [0.05, 0.1) is 29.4 Å². The monoisotopic (exact) mass is 473 g/mol. The predicted molar refractivity (Wildman–Crippen MR) is 137 cm³/mol. The molecule has 0 atom stereocenters. The second-order valence-corrected chi connectivity index (χ2v) is 9.28. The SMILES string of the molecule is Cc1cc(-c2cc(C(=O)N(C)CC(=O)Nc3c(C)cccc3C)c3cnn(C(C)C)c3n2)c(C)o1. The normalized spacial score (nSPS) is 11.3. The van der Waals surface area contributed by atoms with Gasteiger partial charge in [-0.15, -0.1) is 0 Å². The molecule has 0 bridgehead atoms. The van der Waals surface area contributed by atoms with Crippen molar-refractivity contribution in [2.75, 3.05) is 18.9 Å². The number of nitrogens with zero attached hydrogens (tertiary/aromatic N) is 4. The van der Waals surface area contributed by atoms with Crippen LogP contribution in [0.3, 0.4) is 0 Å². The highest BCUT2D eigenvalue weighted by molar-refractivity contribution is 6.08. The average Bonchev–Trinajstić information content (AvgIpc) is 3.37. The van der Waals surface area contributed by atoms with Crippen LogP contribution in [0.4, 0.5) is 5.69 Å². The third-order valence-electron chi connectivity index (χ3n) is 6.08. The molecule has 4 aromatic rings. The van der Waals surface area contributed by atoms with Gasteiger partial charge in [-0.3, -0.25) is 9.59 Å². The van der Waals surface area contributed by atoms with E-state index in [0.29, 0.717) is 22.3 Å². The molecule has 1 N–H and O–H groups in total. The predicted octanol–water partition coefficient (Wildman–Crippen LogP) is 5.22. The molecular formula is C27H31N5O3. The van der Waals surface area contributed by atoms with Crippen LogP contribution in [0.15, 0.2) is 40.9 Å². The van der Waals surface area contributed by atoms with Crippen LogP contribution in [-0.4, -0.2) is 45.1 Å². The Hall–Kier alpha value is -3.94. The van der Waals surface area contributed by atoms with Crippen molar-refractivity contribution >= 4 is 28.5 Å². The van der Waals surface area contributed by atoms with Gasteiger partial charge < -0.3 is 14.6 Å². The fourth-order valence-electron chi connectivity index (χ4n) is 4.28. The average molecular weight is 474 g/mol. The Morgan fingerprint density at radius 2 is 1.80 bits per heavy atom. The molecule has 8 heteroatoms. The number of carbonyl (C=O) groups is 2. The number of pyridine rings is 1. The molecule has 0 saturated carbocycles. The number of furan rings is 1. The first-order valence-electron chi connectivity index (χ1n) is 11.6. The zero-order valence-corrected chi connectivity index (χ0v) is 21.3. The van der Waals surface area contributed by atoms with Crippen molar-refractivity contribution in [3.63, 3.8) is 0 Å². The van der Waals surface area contributed by atoms with Gasteiger partial charge in [-0.05, 0) is 64.8 Å². The summed E-state index contributed by atoms with van der Waals surface area (Å²) in [4.78, 5) is 32.6. The van der Waals surface area contributed by atoms with E-state index in [9.17, 15) is 9.59 Å². The number of hydrogen-bond donors (Lipinski definition) is 1. The molecule has 0 fully saturated rings. The minimum atomic E-state index is -0.281. The van der Waals surface area contributed by atoms with Gasteiger partial charge in [0.2, 0.25) is 5.91 Å². The number of likely N-dealkylation sites (N-methyl/N-ethyl adjacent to an activating group) is 1. The Morgan fingerprint density at radius 3 is 2.40 bits per heavy atom. The fourth-order valence-corrected chi connectivity index (χ4v) is 4.28. The zero-order valence-electron chi connectivity index (χ0n) is 21.3. The van der Waals surface area contributed by atoms with Gasteiger partial charge in [0.1, 0.15) is 11.5 Å². The number of carbonyl (C=O) groups excluding carboxylic acids is 2. The molecular weight excluding hydrogens is 442 g/mol. The minimum Gasteiger partial charge on any atom is -0.466 e. The van der Waals surface area contributed by atoms with Crippen LogP contribution in [0.25, 0.3) is 22.3 Å². The molecule has 0 radical (unpaired) electrons. The van der Waals surface area contributed by atoms with Crippen LogP contribution in [0.5, 0.6) is 0 Å². The lowest BCUT2D eigenvalue weighted by Gasteiger charge is -2.19. The van der Waals surface area contributed by atoms with Gasteiger partial charge in [0, 0.05) is 24.3 Å². The summed E-state index contributed by atoms with van der Waals surface area (Å²) in [6.45, 7) is 11.6. The van der Waals surface area contributed by atoms with E-state index in [1.807, 2.05) is 65.8 Å². The summed E-state index contributed by atoms with van der Waals surface area (Å²) in [6.07, 6.45) is 1.66. The van der Waals surface area contributed by atoms with Gasteiger partial charge in [0.25, 0.3) is 5.91 Å². The van der Waals surface area contributed by atoms with Crippen molar-refractivity contribution in [1.29, 1.82) is 0 Å². The highest BCUT2D eigenvalue weighted by atomic mass is 16.3. The van der Waals surface area contributed by atoms with Crippen molar-refractivity contribution in [1.82, 2.24) is 19.7 Å². The fraction of sp³-hybridized carbons (Fsp3) is 0.333. The molecule has 0 aliphatic rings. The van der Waals surface area contributed by atoms with Crippen molar-refractivity contribution in [2.45, 2.75) is 47.6 Å². The summed E-state index contributed by atoms with van der Waals surface area (Å²) in [5.41, 5.74) is 5.23. The zero-order chi connectivity index (χ0) is 25.4. The molecule has 0 unspecified atom stereocenters. The first kappa shape index (κ1) is 24.2. The lowest BCUT2D eigenvalue weighted by atomic mass is 10.1. The Labute approximate surface area is 204 Å². The summed E-state index contributed by atoms with van der Waals surface area (Å²) >= 11 is 0. The Bertz CT molecular complexity index is 1410. The maximum Gasteiger partial charge on any atom is 0.254 e. The van der Waals surface area contributed by atoms with E-state index >= 15 is 0 Å². The van der Waals surface area contributed by atoms with Gasteiger partial charge >= 0.3 is 0 Å². The molecule has 35 heavy (non-hydrogen) atoms. The quantitative estimate of drug-likeness (QED) is 0.415. The number of anilines is 1. The van der Waals surface area contributed by atoms with Crippen molar-refractivity contribution < 1.29 is 14.0 Å². The van der Waals surface area contributed by atoms with Crippen LogP contribution in [0.2, 0.25) is 0 Å². The number of para-hydroxylation sites is 1. The second-order valence-electron chi connectivity index (χ2n) is 9.28. The molecule has 2 amide bonds. The number of aryl methyl sites for hydroxylation is 4. The Kier molecular flexibility index (Phi) is 6.47. The Balaban J connectivity index is 1.69. The maximum absolute atomic E-state index is 13.6. The molecule has 182 valence electrons. The van der Waals surface area contributed by atoms with Crippen LogP contribution < -0.4 is 5.32 Å². The lowest BCUT2D eigenvalue weighted by molar-refractivity contribution is -0.116. The number of benzene rings is 1. The molecule has 0 spiro atoms. The summed E-state index contributed by atoms with van der Waals surface area (Å²) in [7, 11) is 1.62. The van der Waals surface area contributed by atoms with Crippen LogP contribution in [-0.2, 0) is 4.79 Å². The van der Waals surface area contributed by atoms with Crippen molar-refractivity contribution in [3.05, 3.63) is 64.7 Å². The van der Waals surface area contributed by atoms with E-state index in [1.165, 1.54) is 4.90 Å². The van der Waals surface area contributed by atoms with Crippen molar-refractivity contribution in [3.8, 4) is 11.3 Å². The van der Waals surface area contributed by atoms with E-state index in [4.69, 9.17) is 9.40 Å². The number of rotatable bonds is 6. The van der Waals surface area contributed by atoms with E-state index in [1.54, 1.807) is 24.0 Å². The summed E-state index contributed by atoms with van der Waals surface area (Å²) in [5.74, 6) is 0.953. The molecule has 1 aromatic carbocycles. The van der Waals surface area contributed by atoms with Crippen molar-refractivity contribution in [2.24, 2.45) is 0 Å². The topological polar surface area (TPSA) is 93.3 Å². The summed E-state index contributed by atoms with van der Waals surface area (Å²) < 4.78 is 7.50. The molecule has 8 nitrogen and oxygen atoms in total. The number of nitrogens with one attached hydrogen (secondary N) is 1. The third kappa shape index (κ3) is 4.69. The molecule has 3 aromatic heterocycles. The van der Waals surface area contributed by atoms with E-state index in [2.05, 4.69) is 10.4 Å². The number of aromatic nitrogens is 3. The van der Waals surface area contributed by atoms with Gasteiger partial charge in [-0.2, -0.15) is 5.10 Å². The first-order chi connectivity index (χ1) is 16.6. The molecule has 4 rings (SSSR count). The maximum atomic E-state index is 13.6.